The third kappa shape index (κ3) is 4.63. The first-order chi connectivity index (χ1) is 14.2. The number of alkyl halides is 3. The van der Waals surface area contributed by atoms with Crippen molar-refractivity contribution in [2.45, 2.75) is 25.6 Å². The van der Waals surface area contributed by atoms with Gasteiger partial charge in [-0.15, -0.1) is 0 Å². The van der Waals surface area contributed by atoms with Crippen LogP contribution in [0.25, 0.3) is 11.3 Å². The van der Waals surface area contributed by atoms with Crippen LogP contribution in [0.1, 0.15) is 29.7 Å². The number of ketones is 1. The molecule has 0 fully saturated rings. The predicted octanol–water partition coefficient (Wildman–Crippen LogP) is 4.17. The molecule has 0 bridgehead atoms. The molecule has 3 rings (SSSR count). The number of nitrogens with zero attached hydrogens (tertiary/aromatic N) is 3. The molecule has 0 saturated heterocycles. The number of Topliss-reactive ketones (excluding diaryl/α,β-unsaturated/α-hetero) is 1. The lowest BCUT2D eigenvalue weighted by Crippen LogP contribution is -2.30. The van der Waals surface area contributed by atoms with Crippen molar-refractivity contribution in [3.8, 4) is 17.3 Å². The number of benzene rings is 2. The van der Waals surface area contributed by atoms with Crippen LogP contribution < -0.4 is 5.56 Å². The number of aromatic nitrogens is 2. The molecule has 0 amide bonds. The van der Waals surface area contributed by atoms with Crippen LogP contribution in [-0.4, -0.2) is 15.6 Å². The Bertz CT molecular complexity index is 1160. The van der Waals surface area contributed by atoms with Crippen LogP contribution >= 0.6 is 0 Å². The molecule has 5 nitrogen and oxygen atoms in total. The molecule has 0 aliphatic heterocycles. The summed E-state index contributed by atoms with van der Waals surface area (Å²) in [5.41, 5.74) is 0.752. The van der Waals surface area contributed by atoms with Gasteiger partial charge in [-0.2, -0.15) is 23.5 Å². The van der Waals surface area contributed by atoms with E-state index in [1.54, 1.807) is 24.3 Å². The minimum atomic E-state index is -4.45. The third-order valence-corrected chi connectivity index (χ3v) is 4.63. The van der Waals surface area contributed by atoms with Gasteiger partial charge in [-0.1, -0.05) is 24.3 Å². The maximum Gasteiger partial charge on any atom is 0.416 e. The van der Waals surface area contributed by atoms with E-state index in [9.17, 15) is 22.8 Å². The Morgan fingerprint density at radius 2 is 1.70 bits per heavy atom. The number of hydrogen-bond donors (Lipinski definition) is 0. The van der Waals surface area contributed by atoms with Crippen molar-refractivity contribution in [3.05, 3.63) is 87.7 Å². The van der Waals surface area contributed by atoms with Gasteiger partial charge in [-0.3, -0.25) is 9.59 Å². The highest BCUT2D eigenvalue weighted by atomic mass is 19.4. The van der Waals surface area contributed by atoms with Gasteiger partial charge in [0, 0.05) is 18.1 Å². The molecule has 0 spiro atoms. The molecule has 0 aliphatic rings. The summed E-state index contributed by atoms with van der Waals surface area (Å²) in [5.74, 6) is -0.360. The second kappa shape index (κ2) is 8.33. The van der Waals surface area contributed by atoms with Gasteiger partial charge in [0.25, 0.3) is 5.56 Å². The number of halogens is 3. The van der Waals surface area contributed by atoms with E-state index >= 15 is 0 Å². The lowest BCUT2D eigenvalue weighted by atomic mass is 10.0. The summed E-state index contributed by atoms with van der Waals surface area (Å²) in [6.45, 7) is 1.52. The van der Waals surface area contributed by atoms with Gasteiger partial charge >= 0.3 is 6.18 Å². The average molecular weight is 411 g/mol. The van der Waals surface area contributed by atoms with Crippen LogP contribution in [0.3, 0.4) is 0 Å². The quantitative estimate of drug-likeness (QED) is 0.631. The Hall–Kier alpha value is -3.73. The Labute approximate surface area is 170 Å². The van der Waals surface area contributed by atoms with Crippen LogP contribution in [0.2, 0.25) is 0 Å². The van der Waals surface area contributed by atoms with E-state index in [0.717, 1.165) is 16.8 Å². The smallest absolute Gasteiger partial charge is 0.297 e. The van der Waals surface area contributed by atoms with Gasteiger partial charge in [0.2, 0.25) is 0 Å². The van der Waals surface area contributed by atoms with E-state index in [2.05, 4.69) is 5.10 Å². The molecule has 0 N–H and O–H groups in total. The van der Waals surface area contributed by atoms with Gasteiger partial charge < -0.3 is 0 Å². The lowest BCUT2D eigenvalue weighted by Gasteiger charge is -2.14. The highest BCUT2D eigenvalue weighted by Crippen LogP contribution is 2.29. The monoisotopic (exact) mass is 411 g/mol. The standard InChI is InChI=1S/C22H16F3N3O2/c1-14(20(29)12-15-4-8-18(9-5-15)22(23,24)25)28-21(30)11-10-19(27-28)17-6-2-16(13-26)3-7-17/h2-11,14H,12H2,1H3. The number of carbonyl (C=O) groups excluding carboxylic acids is 1. The number of carbonyl (C=O) groups is 1. The zero-order valence-electron chi connectivity index (χ0n) is 15.8. The first-order valence-corrected chi connectivity index (χ1v) is 8.98. The van der Waals surface area contributed by atoms with Gasteiger partial charge in [0.1, 0.15) is 6.04 Å². The molecule has 1 atom stereocenters. The lowest BCUT2D eigenvalue weighted by molar-refractivity contribution is -0.137. The van der Waals surface area contributed by atoms with Crippen molar-refractivity contribution in [1.29, 1.82) is 5.26 Å². The Kier molecular flexibility index (Phi) is 5.83. The first kappa shape index (κ1) is 21.0. The summed E-state index contributed by atoms with van der Waals surface area (Å²) in [6, 6.07) is 14.9. The van der Waals surface area contributed by atoms with E-state index < -0.39 is 23.3 Å². The van der Waals surface area contributed by atoms with Crippen LogP contribution in [0.4, 0.5) is 13.2 Å². The topological polar surface area (TPSA) is 75.8 Å². The second-order valence-electron chi connectivity index (χ2n) is 6.70. The first-order valence-electron chi connectivity index (χ1n) is 8.98. The highest BCUT2D eigenvalue weighted by molar-refractivity contribution is 5.84. The highest BCUT2D eigenvalue weighted by Gasteiger charge is 2.30. The Morgan fingerprint density at radius 1 is 1.07 bits per heavy atom. The van der Waals surface area contributed by atoms with E-state index in [0.29, 0.717) is 22.4 Å². The number of nitriles is 1. The van der Waals surface area contributed by atoms with Crippen molar-refractivity contribution in [1.82, 2.24) is 9.78 Å². The fraction of sp³-hybridized carbons (Fsp3) is 0.182. The molecule has 8 heteroatoms. The molecule has 2 aromatic carbocycles. The summed E-state index contributed by atoms with van der Waals surface area (Å²) in [5, 5.41) is 13.1. The Balaban J connectivity index is 1.81. The van der Waals surface area contributed by atoms with Crippen LogP contribution in [0, 0.1) is 11.3 Å². The molecule has 3 aromatic rings. The summed E-state index contributed by atoms with van der Waals surface area (Å²) in [4.78, 5) is 24.9. The average Bonchev–Trinajstić information content (AvgIpc) is 2.73. The predicted molar refractivity (Wildman–Crippen MR) is 104 cm³/mol. The maximum absolute atomic E-state index is 12.7. The molecule has 30 heavy (non-hydrogen) atoms. The summed E-state index contributed by atoms with van der Waals surface area (Å²) in [6.07, 6.45) is -4.58. The summed E-state index contributed by atoms with van der Waals surface area (Å²) >= 11 is 0. The third-order valence-electron chi connectivity index (χ3n) is 4.63. The van der Waals surface area contributed by atoms with Gasteiger partial charge in [-0.25, -0.2) is 4.68 Å². The van der Waals surface area contributed by atoms with E-state index in [-0.39, 0.29) is 12.2 Å². The normalized spacial score (nSPS) is 12.2. The molecule has 1 heterocycles. The van der Waals surface area contributed by atoms with E-state index in [4.69, 9.17) is 5.26 Å². The molecule has 1 aromatic heterocycles. The van der Waals surface area contributed by atoms with Crippen LogP contribution in [0.5, 0.6) is 0 Å². The minimum absolute atomic E-state index is 0.130. The van der Waals surface area contributed by atoms with Crippen molar-refractivity contribution < 1.29 is 18.0 Å². The second-order valence-corrected chi connectivity index (χ2v) is 6.70. The minimum Gasteiger partial charge on any atom is -0.297 e. The van der Waals surface area contributed by atoms with Crippen molar-refractivity contribution >= 4 is 5.78 Å². The Morgan fingerprint density at radius 3 is 2.27 bits per heavy atom. The summed E-state index contributed by atoms with van der Waals surface area (Å²) in [7, 11) is 0. The van der Waals surface area contributed by atoms with Gasteiger partial charge in [-0.05, 0) is 42.8 Å². The largest absolute Gasteiger partial charge is 0.416 e. The van der Waals surface area contributed by atoms with Crippen molar-refractivity contribution in [3.63, 3.8) is 0 Å². The molecule has 0 saturated carbocycles. The van der Waals surface area contributed by atoms with Gasteiger partial charge in [0.05, 0.1) is 22.9 Å². The fourth-order valence-electron chi connectivity index (χ4n) is 2.87. The molecule has 0 aliphatic carbocycles. The van der Waals surface area contributed by atoms with Gasteiger partial charge in [0.15, 0.2) is 5.78 Å². The van der Waals surface area contributed by atoms with Crippen LogP contribution in [0.15, 0.2) is 65.5 Å². The van der Waals surface area contributed by atoms with Crippen LogP contribution in [-0.2, 0) is 17.4 Å². The number of rotatable bonds is 5. The van der Waals surface area contributed by atoms with Crippen molar-refractivity contribution in [2.75, 3.05) is 0 Å². The van der Waals surface area contributed by atoms with E-state index in [1.807, 2.05) is 6.07 Å². The maximum atomic E-state index is 12.7. The molecule has 152 valence electrons. The molecule has 1 unspecified atom stereocenters. The number of hydrogen-bond acceptors (Lipinski definition) is 4. The zero-order valence-corrected chi connectivity index (χ0v) is 15.8. The molecular weight excluding hydrogens is 395 g/mol. The fourth-order valence-corrected chi connectivity index (χ4v) is 2.87. The molecule has 0 radical (unpaired) electrons. The van der Waals surface area contributed by atoms with E-state index in [1.165, 1.54) is 31.2 Å². The zero-order chi connectivity index (χ0) is 21.9. The van der Waals surface area contributed by atoms with Crippen molar-refractivity contribution in [2.24, 2.45) is 0 Å². The SMILES string of the molecule is CC(C(=O)Cc1ccc(C(F)(F)F)cc1)n1nc(-c2ccc(C#N)cc2)ccc1=O. The summed E-state index contributed by atoms with van der Waals surface area (Å²) < 4.78 is 39.1. The molecular formula is C22H16F3N3O2.